The maximum atomic E-state index is 13.0. The number of carbonyl (C=O) groups is 1. The second-order valence-electron chi connectivity index (χ2n) is 6.09. The summed E-state index contributed by atoms with van der Waals surface area (Å²) in [4.78, 5) is 19.0. The maximum absolute atomic E-state index is 13.0. The normalized spacial score (nSPS) is 14.6. The number of anilines is 2. The summed E-state index contributed by atoms with van der Waals surface area (Å²) in [5.74, 6) is 0.674. The van der Waals surface area contributed by atoms with Crippen LogP contribution in [0.15, 0.2) is 70.7 Å². The van der Waals surface area contributed by atoms with Gasteiger partial charge in [0.1, 0.15) is 5.82 Å². The van der Waals surface area contributed by atoms with Crippen molar-refractivity contribution in [2.45, 2.75) is 29.7 Å². The van der Waals surface area contributed by atoms with Crippen LogP contribution in [-0.2, 0) is 21.2 Å². The topological polar surface area (TPSA) is 72.3 Å². The zero-order valence-electron chi connectivity index (χ0n) is 14.2. The first kappa shape index (κ1) is 16.5. The molecule has 2 heterocycles. The molecule has 0 atom stereocenters. The second kappa shape index (κ2) is 6.10. The molecule has 132 valence electrons. The quantitative estimate of drug-likeness (QED) is 0.713. The van der Waals surface area contributed by atoms with Gasteiger partial charge in [-0.1, -0.05) is 24.3 Å². The Hall–Kier alpha value is -2.93. The molecule has 0 unspecified atom stereocenters. The highest BCUT2D eigenvalue weighted by molar-refractivity contribution is 7.92. The zero-order valence-corrected chi connectivity index (χ0v) is 15.0. The van der Waals surface area contributed by atoms with E-state index in [2.05, 4.69) is 4.98 Å². The molecule has 0 fully saturated rings. The van der Waals surface area contributed by atoms with Crippen molar-refractivity contribution < 1.29 is 13.2 Å². The molecule has 0 bridgehead atoms. The third-order valence-corrected chi connectivity index (χ3v) is 6.38. The van der Waals surface area contributed by atoms with Gasteiger partial charge < -0.3 is 4.57 Å². The van der Waals surface area contributed by atoms with Gasteiger partial charge in [-0.05, 0) is 31.2 Å². The number of hydrogen-bond donors (Lipinski definition) is 0. The van der Waals surface area contributed by atoms with Crippen LogP contribution >= 0.6 is 0 Å². The molecule has 1 aromatic heterocycles. The molecule has 1 amide bonds. The fourth-order valence-corrected chi connectivity index (χ4v) is 4.84. The molecule has 6 nitrogen and oxygen atoms in total. The molecule has 7 heteroatoms. The highest BCUT2D eigenvalue weighted by Gasteiger charge is 2.36. The summed E-state index contributed by atoms with van der Waals surface area (Å²) in [6, 6.07) is 13.2. The summed E-state index contributed by atoms with van der Waals surface area (Å²) in [6.07, 6.45) is 3.75. The second-order valence-corrected chi connectivity index (χ2v) is 7.97. The van der Waals surface area contributed by atoms with E-state index in [1.54, 1.807) is 54.7 Å². The van der Waals surface area contributed by atoms with Crippen LogP contribution in [0.3, 0.4) is 0 Å². The van der Waals surface area contributed by atoms with E-state index < -0.39 is 9.84 Å². The standard InChI is InChI=1S/C19H17N3O3S/c1-14-20-11-13-21(14)12-10-19(23)22-15-6-2-4-8-17(15)26(24,25)18-9-5-3-7-16(18)22/h2-9,11,13H,10,12H2,1H3. The van der Waals surface area contributed by atoms with Crippen molar-refractivity contribution >= 4 is 27.1 Å². The Bertz CT molecular complexity index is 1050. The van der Waals surface area contributed by atoms with Crippen molar-refractivity contribution in [3.8, 4) is 0 Å². The van der Waals surface area contributed by atoms with Crippen LogP contribution in [-0.4, -0.2) is 23.9 Å². The Labute approximate surface area is 151 Å². The van der Waals surface area contributed by atoms with Gasteiger partial charge in [-0.25, -0.2) is 13.4 Å². The number of fused-ring (bicyclic) bond motifs is 2. The van der Waals surface area contributed by atoms with E-state index in [1.807, 2.05) is 17.7 Å². The van der Waals surface area contributed by atoms with Crippen molar-refractivity contribution in [2.75, 3.05) is 4.90 Å². The average molecular weight is 367 g/mol. The minimum Gasteiger partial charge on any atom is -0.335 e. The van der Waals surface area contributed by atoms with Crippen molar-refractivity contribution in [1.82, 2.24) is 9.55 Å². The van der Waals surface area contributed by atoms with Gasteiger partial charge in [0.25, 0.3) is 0 Å². The molecule has 1 aliphatic rings. The maximum Gasteiger partial charge on any atom is 0.233 e. The summed E-state index contributed by atoms with van der Waals surface area (Å²) in [5, 5.41) is 0. The third kappa shape index (κ3) is 2.52. The summed E-state index contributed by atoms with van der Waals surface area (Å²) >= 11 is 0. The minimum atomic E-state index is -3.64. The lowest BCUT2D eigenvalue weighted by Crippen LogP contribution is -2.32. The Morgan fingerprint density at radius 1 is 1.00 bits per heavy atom. The van der Waals surface area contributed by atoms with Gasteiger partial charge >= 0.3 is 0 Å². The molecule has 0 aliphatic carbocycles. The highest BCUT2D eigenvalue weighted by atomic mass is 32.2. The first-order valence-corrected chi connectivity index (χ1v) is 9.72. The van der Waals surface area contributed by atoms with E-state index in [0.29, 0.717) is 17.9 Å². The number of carbonyl (C=O) groups excluding carboxylic acids is 1. The SMILES string of the molecule is Cc1nccn1CCC(=O)N1c2ccccc2S(=O)(=O)c2ccccc21. The fraction of sp³-hybridized carbons (Fsp3) is 0.158. The number of benzene rings is 2. The average Bonchev–Trinajstić information content (AvgIpc) is 3.05. The Morgan fingerprint density at radius 2 is 1.58 bits per heavy atom. The summed E-state index contributed by atoms with van der Waals surface area (Å²) in [7, 11) is -3.64. The smallest absolute Gasteiger partial charge is 0.233 e. The van der Waals surface area contributed by atoms with Crippen LogP contribution in [0.25, 0.3) is 0 Å². The van der Waals surface area contributed by atoms with Crippen LogP contribution in [0.4, 0.5) is 11.4 Å². The van der Waals surface area contributed by atoms with E-state index in [4.69, 9.17) is 0 Å². The number of aryl methyl sites for hydroxylation is 2. The van der Waals surface area contributed by atoms with Gasteiger partial charge in [-0.15, -0.1) is 0 Å². The number of amides is 1. The Morgan fingerprint density at radius 3 is 2.12 bits per heavy atom. The lowest BCUT2D eigenvalue weighted by Gasteiger charge is -2.31. The van der Waals surface area contributed by atoms with Crippen LogP contribution in [0.1, 0.15) is 12.2 Å². The highest BCUT2D eigenvalue weighted by Crippen LogP contribution is 2.44. The molecule has 0 spiro atoms. The number of hydrogen-bond acceptors (Lipinski definition) is 4. The zero-order chi connectivity index (χ0) is 18.3. The van der Waals surface area contributed by atoms with Crippen LogP contribution in [0, 0.1) is 6.92 Å². The van der Waals surface area contributed by atoms with Crippen molar-refractivity contribution in [2.24, 2.45) is 0 Å². The van der Waals surface area contributed by atoms with Gasteiger partial charge in [-0.2, -0.15) is 0 Å². The fourth-order valence-electron chi connectivity index (χ4n) is 3.22. The molecular weight excluding hydrogens is 350 g/mol. The van der Waals surface area contributed by atoms with Gasteiger partial charge in [0.2, 0.25) is 15.7 Å². The first-order chi connectivity index (χ1) is 12.5. The van der Waals surface area contributed by atoms with Gasteiger partial charge in [-0.3, -0.25) is 9.69 Å². The summed E-state index contributed by atoms with van der Waals surface area (Å²) in [5.41, 5.74) is 0.803. The monoisotopic (exact) mass is 367 g/mol. The number of imidazole rings is 1. The Balaban J connectivity index is 1.77. The first-order valence-electron chi connectivity index (χ1n) is 8.24. The van der Waals surface area contributed by atoms with Crippen molar-refractivity contribution in [3.63, 3.8) is 0 Å². The molecule has 3 aromatic rings. The molecule has 2 aromatic carbocycles. The van der Waals surface area contributed by atoms with Gasteiger partial charge in [0, 0.05) is 25.4 Å². The molecule has 0 saturated heterocycles. The lowest BCUT2D eigenvalue weighted by molar-refractivity contribution is -0.118. The molecule has 4 rings (SSSR count). The van der Waals surface area contributed by atoms with Crippen molar-refractivity contribution in [1.29, 1.82) is 0 Å². The molecule has 0 radical (unpaired) electrons. The lowest BCUT2D eigenvalue weighted by atomic mass is 10.2. The van der Waals surface area contributed by atoms with E-state index in [9.17, 15) is 13.2 Å². The van der Waals surface area contributed by atoms with Crippen LogP contribution < -0.4 is 4.90 Å². The number of nitrogens with zero attached hydrogens (tertiary/aromatic N) is 3. The van der Waals surface area contributed by atoms with E-state index >= 15 is 0 Å². The van der Waals surface area contributed by atoms with Crippen molar-refractivity contribution in [3.05, 3.63) is 66.7 Å². The molecule has 0 saturated carbocycles. The molecular formula is C19H17N3O3S. The molecule has 26 heavy (non-hydrogen) atoms. The van der Waals surface area contributed by atoms with Gasteiger partial charge in [0.15, 0.2) is 0 Å². The third-order valence-electron chi connectivity index (χ3n) is 4.53. The van der Waals surface area contributed by atoms with E-state index in [0.717, 1.165) is 5.82 Å². The largest absolute Gasteiger partial charge is 0.335 e. The number of rotatable bonds is 3. The Kier molecular flexibility index (Phi) is 3.88. The summed E-state index contributed by atoms with van der Waals surface area (Å²) in [6.45, 7) is 2.36. The van der Waals surface area contributed by atoms with E-state index in [1.165, 1.54) is 4.90 Å². The minimum absolute atomic E-state index is 0.158. The predicted molar refractivity (Wildman–Crippen MR) is 97.1 cm³/mol. The number of aromatic nitrogens is 2. The van der Waals surface area contributed by atoms with Crippen LogP contribution in [0.5, 0.6) is 0 Å². The van der Waals surface area contributed by atoms with Gasteiger partial charge in [0.05, 0.1) is 21.2 Å². The predicted octanol–water partition coefficient (Wildman–Crippen LogP) is 3.09. The van der Waals surface area contributed by atoms with E-state index in [-0.39, 0.29) is 22.1 Å². The number of sulfone groups is 1. The molecule has 1 aliphatic heterocycles. The molecule has 0 N–H and O–H groups in total. The number of para-hydroxylation sites is 2. The summed E-state index contributed by atoms with van der Waals surface area (Å²) < 4.78 is 27.7. The van der Waals surface area contributed by atoms with Crippen LogP contribution in [0.2, 0.25) is 0 Å².